The Hall–Kier alpha value is -1.50. The Labute approximate surface area is 150 Å². The fourth-order valence-electron chi connectivity index (χ4n) is 2.36. The Morgan fingerprint density at radius 2 is 1.68 bits per heavy atom. The van der Waals surface area contributed by atoms with E-state index in [4.69, 9.17) is 13.6 Å². The molecular formula is C17H25N2O4PSi. The maximum atomic E-state index is 13.4. The van der Waals surface area contributed by atoms with Crippen molar-refractivity contribution < 1.29 is 18.1 Å². The van der Waals surface area contributed by atoms with E-state index >= 15 is 0 Å². The Morgan fingerprint density at radius 3 is 2.16 bits per heavy atom. The van der Waals surface area contributed by atoms with Crippen LogP contribution in [0.15, 0.2) is 54.9 Å². The second-order valence-electron chi connectivity index (χ2n) is 6.43. The minimum Gasteiger partial charge on any atom is -0.319 e. The van der Waals surface area contributed by atoms with Gasteiger partial charge < -0.3 is 13.6 Å². The molecule has 0 saturated heterocycles. The molecular weight excluding hydrogens is 355 g/mol. The van der Waals surface area contributed by atoms with E-state index in [0.717, 1.165) is 5.69 Å². The highest BCUT2D eigenvalue weighted by atomic mass is 31.2. The van der Waals surface area contributed by atoms with Crippen LogP contribution in [0.25, 0.3) is 0 Å². The van der Waals surface area contributed by atoms with Crippen LogP contribution in [-0.4, -0.2) is 27.5 Å². The highest BCUT2D eigenvalue weighted by Gasteiger charge is 2.43. The third-order valence-corrected chi connectivity index (χ3v) is 6.27. The first-order valence-corrected chi connectivity index (χ1v) is 13.0. The van der Waals surface area contributed by atoms with Crippen molar-refractivity contribution in [2.75, 3.05) is 19.3 Å². The van der Waals surface area contributed by atoms with Crippen molar-refractivity contribution in [1.82, 2.24) is 4.98 Å². The number of pyridine rings is 1. The maximum absolute atomic E-state index is 13.4. The van der Waals surface area contributed by atoms with Crippen LogP contribution in [0.5, 0.6) is 0 Å². The third kappa shape index (κ3) is 5.00. The van der Waals surface area contributed by atoms with Gasteiger partial charge in [-0.1, -0.05) is 24.3 Å². The molecule has 1 atom stereocenters. The van der Waals surface area contributed by atoms with Crippen LogP contribution in [0, 0.1) is 0 Å². The lowest BCUT2D eigenvalue weighted by molar-refractivity contribution is 0.215. The second kappa shape index (κ2) is 8.25. The van der Waals surface area contributed by atoms with Crippen LogP contribution in [0.3, 0.4) is 0 Å². The predicted molar refractivity (Wildman–Crippen MR) is 102 cm³/mol. The molecule has 0 fully saturated rings. The average Bonchev–Trinajstić information content (AvgIpc) is 2.61. The van der Waals surface area contributed by atoms with Crippen molar-refractivity contribution in [1.29, 1.82) is 0 Å². The molecule has 25 heavy (non-hydrogen) atoms. The van der Waals surface area contributed by atoms with E-state index in [2.05, 4.69) is 24.6 Å². The van der Waals surface area contributed by atoms with E-state index in [1.807, 2.05) is 36.4 Å². The van der Waals surface area contributed by atoms with Gasteiger partial charge in [-0.15, -0.1) is 0 Å². The van der Waals surface area contributed by atoms with Gasteiger partial charge in [0.15, 0.2) is 5.78 Å². The van der Waals surface area contributed by atoms with Crippen molar-refractivity contribution in [3.63, 3.8) is 0 Å². The molecule has 1 unspecified atom stereocenters. The first-order chi connectivity index (χ1) is 11.8. The van der Waals surface area contributed by atoms with Gasteiger partial charge in [-0.05, 0) is 37.8 Å². The van der Waals surface area contributed by atoms with Gasteiger partial charge >= 0.3 is 7.60 Å². The van der Waals surface area contributed by atoms with Crippen molar-refractivity contribution >= 4 is 21.6 Å². The van der Waals surface area contributed by atoms with Crippen molar-refractivity contribution in [2.45, 2.75) is 25.4 Å². The van der Waals surface area contributed by atoms with Crippen LogP contribution in [0.4, 0.5) is 5.69 Å². The fraction of sp³-hybridized carbons (Fsp3) is 0.353. The molecule has 136 valence electrons. The average molecular weight is 380 g/mol. The number of anilines is 1. The van der Waals surface area contributed by atoms with E-state index in [0.29, 0.717) is 5.56 Å². The molecule has 2 rings (SSSR count). The van der Waals surface area contributed by atoms with E-state index in [-0.39, 0.29) is 0 Å². The van der Waals surface area contributed by atoms with Gasteiger partial charge in [0, 0.05) is 32.2 Å². The summed E-state index contributed by atoms with van der Waals surface area (Å²) in [6.07, 6.45) is 3.32. The number of aromatic nitrogens is 1. The SMILES string of the molecule is COP(=O)(OC)C(c1cccnc1)N(O[Si](C)(C)C)c1ccccc1. The Bertz CT molecular complexity index is 702. The number of hydrogen-bond donors (Lipinski definition) is 0. The summed E-state index contributed by atoms with van der Waals surface area (Å²) in [6.45, 7) is 6.19. The standard InChI is InChI=1S/C17H25N2O4PSi/c1-21-24(20,22-2)17(15-10-9-13-18-14-15)19(23-25(3,4)5)16-11-7-6-8-12-16/h6-14,17H,1-5H3. The quantitative estimate of drug-likeness (QED) is 0.371. The highest BCUT2D eigenvalue weighted by molar-refractivity contribution is 7.54. The maximum Gasteiger partial charge on any atom is 0.359 e. The zero-order valence-corrected chi connectivity index (χ0v) is 17.1. The summed E-state index contributed by atoms with van der Waals surface area (Å²) in [5.74, 6) is -0.773. The summed E-state index contributed by atoms with van der Waals surface area (Å²) >= 11 is 0. The highest BCUT2D eigenvalue weighted by Crippen LogP contribution is 2.62. The summed E-state index contributed by atoms with van der Waals surface area (Å²) in [5.41, 5.74) is 1.46. The number of rotatable bonds is 8. The molecule has 0 radical (unpaired) electrons. The number of hydroxylamine groups is 1. The molecule has 1 heterocycles. The van der Waals surface area contributed by atoms with Crippen molar-refractivity contribution in [3.05, 3.63) is 60.4 Å². The summed E-state index contributed by atoms with van der Waals surface area (Å²) in [6, 6.07) is 13.2. The van der Waals surface area contributed by atoms with E-state index < -0.39 is 21.7 Å². The predicted octanol–water partition coefficient (Wildman–Crippen LogP) is 4.84. The molecule has 0 saturated carbocycles. The zero-order chi connectivity index (χ0) is 18.5. The molecule has 0 amide bonds. The summed E-state index contributed by atoms with van der Waals surface area (Å²) < 4.78 is 30.3. The van der Waals surface area contributed by atoms with Gasteiger partial charge in [-0.2, -0.15) is 0 Å². The lowest BCUT2D eigenvalue weighted by Crippen LogP contribution is -2.40. The van der Waals surface area contributed by atoms with Gasteiger partial charge in [-0.3, -0.25) is 9.55 Å². The van der Waals surface area contributed by atoms with E-state index in [1.54, 1.807) is 23.5 Å². The van der Waals surface area contributed by atoms with Crippen LogP contribution in [0.1, 0.15) is 11.3 Å². The first-order valence-electron chi connectivity index (χ1n) is 7.95. The number of hydrogen-bond acceptors (Lipinski definition) is 6. The summed E-state index contributed by atoms with van der Waals surface area (Å²) in [7, 11) is -2.81. The summed E-state index contributed by atoms with van der Waals surface area (Å²) in [5, 5.41) is 1.65. The zero-order valence-electron chi connectivity index (χ0n) is 15.2. The minimum atomic E-state index is -3.54. The lowest BCUT2D eigenvalue weighted by Gasteiger charge is -2.39. The molecule has 6 nitrogen and oxygen atoms in total. The van der Waals surface area contributed by atoms with Crippen LogP contribution in [0.2, 0.25) is 19.6 Å². The van der Waals surface area contributed by atoms with Crippen molar-refractivity contribution in [2.24, 2.45) is 0 Å². The molecule has 0 aliphatic rings. The van der Waals surface area contributed by atoms with Crippen LogP contribution in [-0.2, 0) is 18.1 Å². The van der Waals surface area contributed by atoms with Crippen LogP contribution < -0.4 is 5.06 Å². The van der Waals surface area contributed by atoms with E-state index in [1.165, 1.54) is 14.2 Å². The molecule has 1 aromatic heterocycles. The molecule has 0 N–H and O–H groups in total. The van der Waals surface area contributed by atoms with Gasteiger partial charge in [0.05, 0.1) is 5.69 Å². The largest absolute Gasteiger partial charge is 0.359 e. The third-order valence-electron chi connectivity index (χ3n) is 3.40. The molecule has 0 aliphatic heterocycles. The Balaban J connectivity index is 2.63. The topological polar surface area (TPSA) is 60.9 Å². The van der Waals surface area contributed by atoms with Gasteiger partial charge in [0.1, 0.15) is 0 Å². The number of para-hydroxylation sites is 1. The van der Waals surface area contributed by atoms with Gasteiger partial charge in [0.2, 0.25) is 8.32 Å². The minimum absolute atomic E-state index is 0.691. The second-order valence-corrected chi connectivity index (χ2v) is 13.1. The lowest BCUT2D eigenvalue weighted by atomic mass is 10.2. The molecule has 0 spiro atoms. The smallest absolute Gasteiger partial charge is 0.319 e. The molecule has 2 aromatic rings. The Kier molecular flexibility index (Phi) is 6.54. The Morgan fingerprint density at radius 1 is 1.04 bits per heavy atom. The van der Waals surface area contributed by atoms with E-state index in [9.17, 15) is 4.57 Å². The van der Waals surface area contributed by atoms with Gasteiger partial charge in [-0.25, -0.2) is 5.06 Å². The molecule has 0 bridgehead atoms. The number of benzene rings is 1. The number of nitrogens with zero attached hydrogens (tertiary/aromatic N) is 2. The molecule has 1 aromatic carbocycles. The fourth-order valence-corrected chi connectivity index (χ4v) is 4.76. The monoisotopic (exact) mass is 380 g/mol. The normalized spacial score (nSPS) is 13.5. The van der Waals surface area contributed by atoms with Crippen molar-refractivity contribution in [3.8, 4) is 0 Å². The first kappa shape index (κ1) is 19.8. The molecule has 0 aliphatic carbocycles. The summed E-state index contributed by atoms with van der Waals surface area (Å²) in [4.78, 5) is 4.16. The van der Waals surface area contributed by atoms with Crippen LogP contribution >= 0.6 is 7.60 Å². The molecule has 8 heteroatoms. The van der Waals surface area contributed by atoms with Gasteiger partial charge in [0.25, 0.3) is 0 Å².